The predicted octanol–water partition coefficient (Wildman–Crippen LogP) is 2.58. The molecule has 2 N–H and O–H groups in total. The van der Waals surface area contributed by atoms with Crippen LogP contribution in [0.25, 0.3) is 0 Å². The Morgan fingerprint density at radius 2 is 2.00 bits per heavy atom. The second-order valence-corrected chi connectivity index (χ2v) is 9.83. The Balaban J connectivity index is 1.67. The van der Waals surface area contributed by atoms with Crippen LogP contribution in [0.4, 0.5) is 0 Å². The molecule has 1 aromatic rings. The van der Waals surface area contributed by atoms with Crippen molar-refractivity contribution in [1.29, 1.82) is 0 Å². The van der Waals surface area contributed by atoms with E-state index >= 15 is 0 Å². The number of fused-ring (bicyclic) bond motifs is 1. The summed E-state index contributed by atoms with van der Waals surface area (Å²) < 4.78 is 5.23. The molecule has 2 heterocycles. The molecule has 0 spiro atoms. The van der Waals surface area contributed by atoms with Crippen molar-refractivity contribution >= 4 is 29.6 Å². The summed E-state index contributed by atoms with van der Waals surface area (Å²) in [5.74, 6) is 1.11. The van der Waals surface area contributed by atoms with Gasteiger partial charge in [-0.3, -0.25) is 14.9 Å². The number of nitrogens with zero attached hydrogens (tertiary/aromatic N) is 1. The van der Waals surface area contributed by atoms with Crippen LogP contribution in [0.15, 0.2) is 30.3 Å². The van der Waals surface area contributed by atoms with E-state index in [1.807, 2.05) is 42.1 Å². The summed E-state index contributed by atoms with van der Waals surface area (Å²) in [5.41, 5.74) is 1.10. The van der Waals surface area contributed by atoms with Gasteiger partial charge in [0.25, 0.3) is 0 Å². The van der Waals surface area contributed by atoms with Gasteiger partial charge >= 0.3 is 11.9 Å². The number of piperidine rings is 1. The molecular weight excluding hydrogens is 428 g/mol. The Kier molecular flexibility index (Phi) is 8.99. The van der Waals surface area contributed by atoms with Gasteiger partial charge in [0.2, 0.25) is 5.91 Å². The van der Waals surface area contributed by atoms with Crippen molar-refractivity contribution < 1.29 is 24.2 Å². The van der Waals surface area contributed by atoms with Crippen LogP contribution in [0.1, 0.15) is 38.7 Å². The van der Waals surface area contributed by atoms with Crippen molar-refractivity contribution in [2.45, 2.75) is 57.7 Å². The molecule has 8 heteroatoms. The molecule has 7 nitrogen and oxygen atoms in total. The maximum absolute atomic E-state index is 13.3. The summed E-state index contributed by atoms with van der Waals surface area (Å²) in [6, 6.07) is 7.72. The molecule has 0 aromatic heterocycles. The zero-order chi connectivity index (χ0) is 23.1. The number of amides is 1. The van der Waals surface area contributed by atoms with Crippen molar-refractivity contribution in [3.8, 4) is 0 Å². The second-order valence-electron chi connectivity index (χ2n) is 8.68. The van der Waals surface area contributed by atoms with Gasteiger partial charge in [0, 0.05) is 6.54 Å². The van der Waals surface area contributed by atoms with E-state index in [0.29, 0.717) is 37.6 Å². The zero-order valence-corrected chi connectivity index (χ0v) is 19.7. The Hall–Kier alpha value is -2.06. The van der Waals surface area contributed by atoms with Crippen LogP contribution < -0.4 is 5.32 Å². The van der Waals surface area contributed by atoms with Gasteiger partial charge in [0.1, 0.15) is 12.1 Å². The topological polar surface area (TPSA) is 95.9 Å². The third kappa shape index (κ3) is 6.25. The number of nitrogens with one attached hydrogen (secondary N) is 1. The lowest BCUT2D eigenvalue weighted by molar-refractivity contribution is -0.156. The normalized spacial score (nSPS) is 24.8. The van der Waals surface area contributed by atoms with Gasteiger partial charge in [-0.25, -0.2) is 4.79 Å². The van der Waals surface area contributed by atoms with Crippen LogP contribution in [0.5, 0.6) is 0 Å². The van der Waals surface area contributed by atoms with Gasteiger partial charge in [-0.1, -0.05) is 30.3 Å². The van der Waals surface area contributed by atoms with Gasteiger partial charge < -0.3 is 14.7 Å². The number of esters is 1. The van der Waals surface area contributed by atoms with Crippen LogP contribution in [0.3, 0.4) is 0 Å². The minimum atomic E-state index is -0.951. The number of hydrogen-bond donors (Lipinski definition) is 2. The summed E-state index contributed by atoms with van der Waals surface area (Å²) >= 11 is 1.87. The molecule has 0 saturated carbocycles. The number of aliphatic carboxylic acids is 1. The lowest BCUT2D eigenvalue weighted by Gasteiger charge is -2.45. The largest absolute Gasteiger partial charge is 0.480 e. The molecule has 2 saturated heterocycles. The van der Waals surface area contributed by atoms with Crippen molar-refractivity contribution in [3.63, 3.8) is 0 Å². The number of likely N-dealkylation sites (tertiary alicyclic amines) is 1. The standard InChI is InChI=1S/C24H34N2O5S/c1-3-31-24(30)20(10-9-17-7-5-4-6-8-17)25-16(2)22(27)26-14-19-15-32-12-11-18(19)13-21(26)23(28)29/h4-8,16,18-21,25H,3,9-15H2,1-2H3,(H,28,29)/t16?,18?,19?,20-,21-/m0/s1. The molecule has 0 aliphatic carbocycles. The molecule has 3 rings (SSSR count). The lowest BCUT2D eigenvalue weighted by Crippen LogP contribution is -2.59. The van der Waals surface area contributed by atoms with E-state index in [1.54, 1.807) is 13.8 Å². The predicted molar refractivity (Wildman–Crippen MR) is 124 cm³/mol. The maximum atomic E-state index is 13.3. The van der Waals surface area contributed by atoms with Crippen molar-refractivity contribution in [1.82, 2.24) is 10.2 Å². The minimum absolute atomic E-state index is 0.263. The monoisotopic (exact) mass is 462 g/mol. The number of aryl methyl sites for hydroxylation is 1. The summed E-state index contributed by atoms with van der Waals surface area (Å²) in [4.78, 5) is 39.3. The van der Waals surface area contributed by atoms with E-state index in [-0.39, 0.29) is 18.5 Å². The molecule has 3 unspecified atom stereocenters. The second kappa shape index (κ2) is 11.7. The number of carbonyl (C=O) groups is 3. The quantitative estimate of drug-likeness (QED) is 0.545. The first kappa shape index (κ1) is 24.6. The third-order valence-corrected chi connectivity index (χ3v) is 7.68. The fraction of sp³-hybridized carbons (Fsp3) is 0.625. The van der Waals surface area contributed by atoms with Crippen LogP contribution in [0.2, 0.25) is 0 Å². The first-order valence-electron chi connectivity index (χ1n) is 11.5. The van der Waals surface area contributed by atoms with Gasteiger partial charge in [0.05, 0.1) is 12.6 Å². The SMILES string of the molecule is CCOC(=O)[C@H](CCc1ccccc1)NC(C)C(=O)N1CC2CSCCC2C[C@H]1C(=O)O. The van der Waals surface area contributed by atoms with E-state index in [4.69, 9.17) is 4.74 Å². The zero-order valence-electron chi connectivity index (χ0n) is 18.9. The van der Waals surface area contributed by atoms with Gasteiger partial charge in [-0.15, -0.1) is 0 Å². The summed E-state index contributed by atoms with van der Waals surface area (Å²) in [7, 11) is 0. The molecule has 2 aliphatic rings. The molecule has 32 heavy (non-hydrogen) atoms. The highest BCUT2D eigenvalue weighted by Crippen LogP contribution is 2.37. The number of benzene rings is 1. The van der Waals surface area contributed by atoms with Crippen LogP contribution in [-0.2, 0) is 25.5 Å². The van der Waals surface area contributed by atoms with Crippen molar-refractivity contribution in [2.24, 2.45) is 11.8 Å². The van der Waals surface area contributed by atoms with E-state index in [1.165, 1.54) is 4.90 Å². The summed E-state index contributed by atoms with van der Waals surface area (Å²) in [6.07, 6.45) is 2.68. The van der Waals surface area contributed by atoms with Gasteiger partial charge in [-0.05, 0) is 68.4 Å². The summed E-state index contributed by atoms with van der Waals surface area (Å²) in [6.45, 7) is 4.19. The van der Waals surface area contributed by atoms with Gasteiger partial charge in [-0.2, -0.15) is 11.8 Å². The maximum Gasteiger partial charge on any atom is 0.326 e. The average Bonchev–Trinajstić information content (AvgIpc) is 2.80. The fourth-order valence-corrected chi connectivity index (χ4v) is 6.03. The third-order valence-electron chi connectivity index (χ3n) is 6.49. The molecule has 5 atom stereocenters. The Morgan fingerprint density at radius 3 is 2.69 bits per heavy atom. The average molecular weight is 463 g/mol. The van der Waals surface area contributed by atoms with Gasteiger partial charge in [0.15, 0.2) is 0 Å². The Morgan fingerprint density at radius 1 is 1.25 bits per heavy atom. The van der Waals surface area contributed by atoms with E-state index in [2.05, 4.69) is 5.32 Å². The number of carboxylic acid groups (broad SMARTS) is 1. The number of rotatable bonds is 9. The van der Waals surface area contributed by atoms with Crippen molar-refractivity contribution in [3.05, 3.63) is 35.9 Å². The molecule has 2 fully saturated rings. The first-order chi connectivity index (χ1) is 15.4. The first-order valence-corrected chi connectivity index (χ1v) is 12.6. The number of ether oxygens (including phenoxy) is 1. The summed E-state index contributed by atoms with van der Waals surface area (Å²) in [5, 5.41) is 12.9. The molecule has 0 bridgehead atoms. The molecule has 176 valence electrons. The molecule has 1 amide bonds. The number of carboxylic acids is 1. The van der Waals surface area contributed by atoms with E-state index < -0.39 is 24.1 Å². The Labute approximate surface area is 194 Å². The minimum Gasteiger partial charge on any atom is -0.480 e. The Bertz CT molecular complexity index is 790. The lowest BCUT2D eigenvalue weighted by atomic mass is 9.80. The number of thioether (sulfide) groups is 1. The van der Waals surface area contributed by atoms with E-state index in [9.17, 15) is 19.5 Å². The number of carbonyl (C=O) groups excluding carboxylic acids is 2. The van der Waals surface area contributed by atoms with Crippen LogP contribution >= 0.6 is 11.8 Å². The highest BCUT2D eigenvalue weighted by Gasteiger charge is 2.43. The fourth-order valence-electron chi connectivity index (χ4n) is 4.71. The smallest absolute Gasteiger partial charge is 0.326 e. The molecule has 0 radical (unpaired) electrons. The van der Waals surface area contributed by atoms with Crippen LogP contribution in [-0.4, -0.2) is 70.6 Å². The van der Waals surface area contributed by atoms with Crippen molar-refractivity contribution in [2.75, 3.05) is 24.7 Å². The molecule has 2 aliphatic heterocycles. The molecule has 1 aromatic carbocycles. The van der Waals surface area contributed by atoms with Crippen LogP contribution in [0, 0.1) is 11.8 Å². The molecular formula is C24H34N2O5S. The number of hydrogen-bond acceptors (Lipinski definition) is 6. The highest BCUT2D eigenvalue weighted by atomic mass is 32.2. The van der Waals surface area contributed by atoms with E-state index in [0.717, 1.165) is 23.5 Å². The highest BCUT2D eigenvalue weighted by molar-refractivity contribution is 7.99.